The second-order valence-electron chi connectivity index (χ2n) is 4.47. The van der Waals surface area contributed by atoms with E-state index < -0.39 is 0 Å². The van der Waals surface area contributed by atoms with E-state index >= 15 is 0 Å². The number of amides is 2. The van der Waals surface area contributed by atoms with E-state index in [0.717, 1.165) is 5.56 Å². The Morgan fingerprint density at radius 2 is 1.48 bits per heavy atom. The minimum Gasteiger partial charge on any atom is -0.322 e. The maximum atomic E-state index is 12.3. The van der Waals surface area contributed by atoms with Crippen molar-refractivity contribution >= 4 is 23.6 Å². The lowest BCUT2D eigenvalue weighted by Gasteiger charge is -2.09. The zero-order valence-electron chi connectivity index (χ0n) is 11.7. The summed E-state index contributed by atoms with van der Waals surface area (Å²) in [5.74, 6) is -0.652. The zero-order chi connectivity index (χ0) is 15.1. The summed E-state index contributed by atoms with van der Waals surface area (Å²) in [7, 11) is 0. The van der Waals surface area contributed by atoms with Gasteiger partial charge in [0.2, 0.25) is 5.91 Å². The van der Waals surface area contributed by atoms with Gasteiger partial charge >= 0.3 is 0 Å². The molecule has 0 fully saturated rings. The Balaban J connectivity index is 2.21. The van der Waals surface area contributed by atoms with E-state index in [4.69, 9.17) is 0 Å². The van der Waals surface area contributed by atoms with Gasteiger partial charge in [0.25, 0.3) is 5.91 Å². The first-order valence-corrected chi connectivity index (χ1v) is 6.56. The molecular weight excluding hydrogens is 264 g/mol. The van der Waals surface area contributed by atoms with Crippen molar-refractivity contribution in [2.45, 2.75) is 6.92 Å². The predicted molar refractivity (Wildman–Crippen MR) is 83.3 cm³/mol. The molecule has 0 radical (unpaired) electrons. The largest absolute Gasteiger partial charge is 0.322 e. The van der Waals surface area contributed by atoms with Crippen molar-refractivity contribution in [2.24, 2.45) is 0 Å². The standard InChI is InChI=1S/C17H16N2O2/c1-13(20)18-16(12-14-8-4-2-5-9-14)17(21)19-15-10-6-3-7-11-15/h2-12H,1H3,(H,18,20)(H,19,21)/b16-12+. The monoisotopic (exact) mass is 280 g/mol. The highest BCUT2D eigenvalue weighted by Crippen LogP contribution is 2.09. The number of carbonyl (C=O) groups excluding carboxylic acids is 2. The molecule has 0 heterocycles. The number of hydrogen-bond acceptors (Lipinski definition) is 2. The van der Waals surface area contributed by atoms with Gasteiger partial charge in [-0.1, -0.05) is 48.5 Å². The summed E-state index contributed by atoms with van der Waals surface area (Å²) < 4.78 is 0. The molecule has 0 saturated heterocycles. The van der Waals surface area contributed by atoms with Crippen molar-refractivity contribution in [3.8, 4) is 0 Å². The van der Waals surface area contributed by atoms with Crippen molar-refractivity contribution < 1.29 is 9.59 Å². The first-order valence-electron chi connectivity index (χ1n) is 6.56. The van der Waals surface area contributed by atoms with E-state index in [2.05, 4.69) is 10.6 Å². The summed E-state index contributed by atoms with van der Waals surface area (Å²) in [6, 6.07) is 18.4. The van der Waals surface area contributed by atoms with Gasteiger partial charge in [-0.3, -0.25) is 9.59 Å². The van der Waals surface area contributed by atoms with Crippen LogP contribution in [0.2, 0.25) is 0 Å². The fourth-order valence-electron chi connectivity index (χ4n) is 1.78. The SMILES string of the molecule is CC(=O)N/C(=C/c1ccccc1)C(=O)Nc1ccccc1. The van der Waals surface area contributed by atoms with Crippen LogP contribution in [0.1, 0.15) is 12.5 Å². The van der Waals surface area contributed by atoms with Crippen LogP contribution in [-0.2, 0) is 9.59 Å². The highest BCUT2D eigenvalue weighted by Gasteiger charge is 2.11. The summed E-state index contributed by atoms with van der Waals surface area (Å²) in [4.78, 5) is 23.5. The average Bonchev–Trinajstić information content (AvgIpc) is 2.48. The van der Waals surface area contributed by atoms with Gasteiger partial charge in [0.15, 0.2) is 0 Å². The highest BCUT2D eigenvalue weighted by atomic mass is 16.2. The number of rotatable bonds is 4. The molecule has 2 amide bonds. The maximum absolute atomic E-state index is 12.3. The van der Waals surface area contributed by atoms with Crippen LogP contribution in [0, 0.1) is 0 Å². The third kappa shape index (κ3) is 4.62. The molecule has 4 nitrogen and oxygen atoms in total. The second-order valence-corrected chi connectivity index (χ2v) is 4.47. The van der Waals surface area contributed by atoms with Crippen LogP contribution in [0.3, 0.4) is 0 Å². The van der Waals surface area contributed by atoms with Crippen molar-refractivity contribution in [1.29, 1.82) is 0 Å². The molecule has 0 aliphatic heterocycles. The molecule has 2 aromatic carbocycles. The normalized spacial score (nSPS) is 10.8. The average molecular weight is 280 g/mol. The predicted octanol–water partition coefficient (Wildman–Crippen LogP) is 2.80. The Morgan fingerprint density at radius 3 is 2.05 bits per heavy atom. The molecule has 2 N–H and O–H groups in total. The van der Waals surface area contributed by atoms with Gasteiger partial charge < -0.3 is 10.6 Å². The third-order valence-electron chi connectivity index (χ3n) is 2.70. The lowest BCUT2D eigenvalue weighted by molar-refractivity contribution is -0.120. The minimum atomic E-state index is -0.361. The molecule has 0 aliphatic rings. The molecule has 0 saturated carbocycles. The Hall–Kier alpha value is -2.88. The number of para-hydroxylation sites is 1. The summed E-state index contributed by atoms with van der Waals surface area (Å²) >= 11 is 0. The van der Waals surface area contributed by atoms with E-state index in [1.165, 1.54) is 6.92 Å². The smallest absolute Gasteiger partial charge is 0.272 e. The molecule has 106 valence electrons. The van der Waals surface area contributed by atoms with Crippen LogP contribution in [0.15, 0.2) is 66.4 Å². The third-order valence-corrected chi connectivity index (χ3v) is 2.70. The Kier molecular flexibility index (Phi) is 4.88. The molecule has 2 aromatic rings. The topological polar surface area (TPSA) is 58.2 Å². The minimum absolute atomic E-state index is 0.206. The number of carbonyl (C=O) groups is 2. The molecule has 0 unspecified atom stereocenters. The first kappa shape index (κ1) is 14.5. The molecule has 2 rings (SSSR count). The number of nitrogens with one attached hydrogen (secondary N) is 2. The van der Waals surface area contributed by atoms with Gasteiger partial charge in [-0.15, -0.1) is 0 Å². The van der Waals surface area contributed by atoms with Crippen molar-refractivity contribution in [2.75, 3.05) is 5.32 Å². The van der Waals surface area contributed by atoms with Crippen LogP contribution in [0.5, 0.6) is 0 Å². The lowest BCUT2D eigenvalue weighted by Crippen LogP contribution is -2.28. The van der Waals surface area contributed by atoms with Crippen molar-refractivity contribution in [3.05, 3.63) is 71.9 Å². The Labute approximate surface area is 123 Å². The molecule has 0 spiro atoms. The second kappa shape index (κ2) is 7.05. The quantitative estimate of drug-likeness (QED) is 0.846. The summed E-state index contributed by atoms with van der Waals surface area (Å²) in [5.41, 5.74) is 1.72. The zero-order valence-corrected chi connectivity index (χ0v) is 11.7. The fourth-order valence-corrected chi connectivity index (χ4v) is 1.78. The fraction of sp³-hybridized carbons (Fsp3) is 0.0588. The highest BCUT2D eigenvalue weighted by molar-refractivity contribution is 6.08. The van der Waals surface area contributed by atoms with Gasteiger partial charge in [0.1, 0.15) is 5.70 Å². The summed E-state index contributed by atoms with van der Waals surface area (Å²) in [5, 5.41) is 5.30. The molecule has 0 atom stereocenters. The van der Waals surface area contributed by atoms with Gasteiger partial charge in [-0.2, -0.15) is 0 Å². The molecule has 0 bridgehead atoms. The van der Waals surface area contributed by atoms with Crippen LogP contribution in [0.4, 0.5) is 5.69 Å². The van der Waals surface area contributed by atoms with Crippen LogP contribution in [-0.4, -0.2) is 11.8 Å². The van der Waals surface area contributed by atoms with Gasteiger partial charge in [-0.25, -0.2) is 0 Å². The van der Waals surface area contributed by atoms with Gasteiger partial charge in [-0.05, 0) is 23.8 Å². The molecule has 4 heteroatoms. The maximum Gasteiger partial charge on any atom is 0.272 e. The Morgan fingerprint density at radius 1 is 0.905 bits per heavy atom. The number of hydrogen-bond donors (Lipinski definition) is 2. The van der Waals surface area contributed by atoms with Gasteiger partial charge in [0.05, 0.1) is 0 Å². The van der Waals surface area contributed by atoms with Gasteiger partial charge in [0, 0.05) is 12.6 Å². The molecular formula is C17H16N2O2. The number of anilines is 1. The van der Waals surface area contributed by atoms with E-state index in [1.807, 2.05) is 48.5 Å². The summed E-state index contributed by atoms with van der Waals surface area (Å²) in [6.07, 6.45) is 1.64. The molecule has 0 aliphatic carbocycles. The van der Waals surface area contributed by atoms with Crippen LogP contribution < -0.4 is 10.6 Å². The first-order chi connectivity index (χ1) is 10.1. The van der Waals surface area contributed by atoms with Crippen molar-refractivity contribution in [1.82, 2.24) is 5.32 Å². The van der Waals surface area contributed by atoms with Crippen LogP contribution >= 0.6 is 0 Å². The number of benzene rings is 2. The molecule has 21 heavy (non-hydrogen) atoms. The summed E-state index contributed by atoms with van der Waals surface area (Å²) in [6.45, 7) is 1.37. The van der Waals surface area contributed by atoms with E-state index in [0.29, 0.717) is 5.69 Å². The Bertz CT molecular complexity index is 649. The van der Waals surface area contributed by atoms with Crippen LogP contribution in [0.25, 0.3) is 6.08 Å². The van der Waals surface area contributed by atoms with E-state index in [-0.39, 0.29) is 17.5 Å². The van der Waals surface area contributed by atoms with E-state index in [9.17, 15) is 9.59 Å². The lowest BCUT2D eigenvalue weighted by atomic mass is 10.2. The van der Waals surface area contributed by atoms with Crippen molar-refractivity contribution in [3.63, 3.8) is 0 Å². The molecule has 0 aromatic heterocycles. The van der Waals surface area contributed by atoms with E-state index in [1.54, 1.807) is 18.2 Å².